The number of furan rings is 1. The van der Waals surface area contributed by atoms with Gasteiger partial charge in [-0.3, -0.25) is 4.57 Å². The van der Waals surface area contributed by atoms with E-state index < -0.39 is 0 Å². The fourth-order valence-electron chi connectivity index (χ4n) is 3.16. The maximum Gasteiger partial charge on any atom is 0.205 e. The third kappa shape index (κ3) is 4.46. The van der Waals surface area contributed by atoms with Crippen molar-refractivity contribution in [3.05, 3.63) is 95.6 Å². The zero-order valence-electron chi connectivity index (χ0n) is 16.6. The first-order chi connectivity index (χ1) is 15.7. The molecule has 2 aromatic carbocycles. The number of aromatic nitrogens is 4. The zero-order valence-corrected chi connectivity index (χ0v) is 18.2. The Morgan fingerprint density at radius 2 is 1.75 bits per heavy atom. The Balaban J connectivity index is 1.38. The number of nitrogens with zero attached hydrogens (tertiary/aromatic N) is 4. The number of oxazole rings is 1. The monoisotopic (exact) mass is 466 g/mol. The van der Waals surface area contributed by atoms with Crippen molar-refractivity contribution in [1.29, 1.82) is 0 Å². The fourth-order valence-corrected chi connectivity index (χ4v) is 4.08. The van der Waals surface area contributed by atoms with Crippen LogP contribution in [0.1, 0.15) is 11.7 Å². The molecule has 0 aliphatic heterocycles. The molecule has 0 spiro atoms. The Labute approximate surface area is 192 Å². The number of hydrogen-bond donors (Lipinski definition) is 0. The molecule has 5 aromatic rings. The van der Waals surface area contributed by atoms with Crippen LogP contribution in [0, 0.1) is 5.82 Å². The SMILES string of the molecule is Fc1ccc(-c2cnc(CSc3nnc(-c4ccc(Cl)cc4)n3Cc3ccco3)o2)cc1. The lowest BCUT2D eigenvalue weighted by molar-refractivity contribution is 0.485. The first-order valence-corrected chi connectivity index (χ1v) is 11.1. The summed E-state index contributed by atoms with van der Waals surface area (Å²) in [7, 11) is 0. The van der Waals surface area contributed by atoms with Crippen LogP contribution in [0.5, 0.6) is 0 Å². The molecule has 3 aromatic heterocycles. The van der Waals surface area contributed by atoms with E-state index in [1.165, 1.54) is 23.9 Å². The summed E-state index contributed by atoms with van der Waals surface area (Å²) < 4.78 is 26.5. The maximum absolute atomic E-state index is 13.2. The van der Waals surface area contributed by atoms with E-state index in [4.69, 9.17) is 20.4 Å². The summed E-state index contributed by atoms with van der Waals surface area (Å²) >= 11 is 7.49. The second-order valence-corrected chi connectivity index (χ2v) is 8.27. The molecule has 5 rings (SSSR count). The zero-order chi connectivity index (χ0) is 21.9. The van der Waals surface area contributed by atoms with Gasteiger partial charge >= 0.3 is 0 Å². The Bertz CT molecular complexity index is 1320. The Morgan fingerprint density at radius 1 is 0.969 bits per heavy atom. The number of hydrogen-bond acceptors (Lipinski definition) is 6. The predicted octanol–water partition coefficient (Wildman–Crippen LogP) is 6.33. The van der Waals surface area contributed by atoms with Crippen molar-refractivity contribution in [3.8, 4) is 22.7 Å². The standard InChI is InChI=1S/C23H16ClFN4O2S/c24-17-7-3-16(4-8-17)22-27-28-23(29(22)13-19-2-1-11-30-19)32-14-21-26-12-20(31-21)15-5-9-18(25)10-6-15/h1-12H,13-14H2. The molecule has 0 radical (unpaired) electrons. The van der Waals surface area contributed by atoms with Crippen molar-refractivity contribution in [1.82, 2.24) is 19.7 Å². The van der Waals surface area contributed by atoms with Gasteiger partial charge in [0.1, 0.15) is 11.6 Å². The molecule has 0 atom stereocenters. The molecule has 32 heavy (non-hydrogen) atoms. The minimum absolute atomic E-state index is 0.295. The van der Waals surface area contributed by atoms with Gasteiger partial charge in [-0.15, -0.1) is 10.2 Å². The van der Waals surface area contributed by atoms with Crippen molar-refractivity contribution in [2.75, 3.05) is 0 Å². The largest absolute Gasteiger partial charge is 0.467 e. The highest BCUT2D eigenvalue weighted by molar-refractivity contribution is 7.98. The molecule has 9 heteroatoms. The lowest BCUT2D eigenvalue weighted by Crippen LogP contribution is -2.03. The first kappa shape index (κ1) is 20.5. The van der Waals surface area contributed by atoms with E-state index in [0.29, 0.717) is 40.0 Å². The molecule has 0 saturated heterocycles. The Hall–Kier alpha value is -3.36. The topological polar surface area (TPSA) is 69.9 Å². The van der Waals surface area contributed by atoms with Gasteiger partial charge in [-0.2, -0.15) is 0 Å². The summed E-state index contributed by atoms with van der Waals surface area (Å²) in [5.41, 5.74) is 1.66. The number of benzene rings is 2. The third-order valence-corrected chi connectivity index (χ3v) is 5.92. The highest BCUT2D eigenvalue weighted by atomic mass is 35.5. The average molecular weight is 467 g/mol. The number of rotatable bonds is 7. The second-order valence-electron chi connectivity index (χ2n) is 6.89. The van der Waals surface area contributed by atoms with Crippen LogP contribution in [0.15, 0.2) is 87.1 Å². The van der Waals surface area contributed by atoms with E-state index in [1.54, 1.807) is 24.6 Å². The molecule has 3 heterocycles. The molecule has 0 unspecified atom stereocenters. The molecule has 0 bridgehead atoms. The van der Waals surface area contributed by atoms with Gasteiger partial charge in [-0.1, -0.05) is 23.4 Å². The van der Waals surface area contributed by atoms with Crippen LogP contribution >= 0.6 is 23.4 Å². The van der Waals surface area contributed by atoms with Crippen LogP contribution < -0.4 is 0 Å². The van der Waals surface area contributed by atoms with E-state index in [1.807, 2.05) is 41.0 Å². The summed E-state index contributed by atoms with van der Waals surface area (Å²) in [6, 6.07) is 17.3. The van der Waals surface area contributed by atoms with Gasteiger partial charge in [0.15, 0.2) is 16.7 Å². The minimum Gasteiger partial charge on any atom is -0.467 e. The highest BCUT2D eigenvalue weighted by Crippen LogP contribution is 2.29. The molecule has 0 aliphatic carbocycles. The van der Waals surface area contributed by atoms with Gasteiger partial charge in [-0.25, -0.2) is 9.37 Å². The predicted molar refractivity (Wildman–Crippen MR) is 120 cm³/mol. The molecule has 0 aliphatic rings. The Kier molecular flexibility index (Phi) is 5.79. The van der Waals surface area contributed by atoms with Crippen LogP contribution in [0.3, 0.4) is 0 Å². The smallest absolute Gasteiger partial charge is 0.205 e. The van der Waals surface area contributed by atoms with E-state index in [2.05, 4.69) is 15.2 Å². The van der Waals surface area contributed by atoms with Crippen molar-refractivity contribution in [3.63, 3.8) is 0 Å². The van der Waals surface area contributed by atoms with E-state index >= 15 is 0 Å². The summed E-state index contributed by atoms with van der Waals surface area (Å²) in [5.74, 6) is 2.78. The van der Waals surface area contributed by atoms with Crippen LogP contribution in [-0.4, -0.2) is 19.7 Å². The average Bonchev–Trinajstić information content (AvgIpc) is 3.56. The third-order valence-electron chi connectivity index (χ3n) is 4.72. The van der Waals surface area contributed by atoms with Gasteiger partial charge in [0.05, 0.1) is 24.8 Å². The van der Waals surface area contributed by atoms with Gasteiger partial charge in [0, 0.05) is 16.1 Å². The van der Waals surface area contributed by atoms with Crippen LogP contribution in [0.4, 0.5) is 4.39 Å². The van der Waals surface area contributed by atoms with E-state index in [-0.39, 0.29) is 5.82 Å². The van der Waals surface area contributed by atoms with Gasteiger partial charge in [-0.05, 0) is 60.7 Å². The quantitative estimate of drug-likeness (QED) is 0.261. The number of thioether (sulfide) groups is 1. The fraction of sp³-hybridized carbons (Fsp3) is 0.0870. The highest BCUT2D eigenvalue weighted by Gasteiger charge is 2.17. The second kappa shape index (κ2) is 9.02. The van der Waals surface area contributed by atoms with Crippen LogP contribution in [0.25, 0.3) is 22.7 Å². The summed E-state index contributed by atoms with van der Waals surface area (Å²) in [4.78, 5) is 4.34. The lowest BCUT2D eigenvalue weighted by Gasteiger charge is -2.08. The first-order valence-electron chi connectivity index (χ1n) is 9.71. The molecule has 0 saturated carbocycles. The van der Waals surface area contributed by atoms with Gasteiger partial charge in [0.25, 0.3) is 0 Å². The van der Waals surface area contributed by atoms with Gasteiger partial charge in [0.2, 0.25) is 5.89 Å². The molecule has 160 valence electrons. The molecule has 0 amide bonds. The molecule has 0 fully saturated rings. The normalized spacial score (nSPS) is 11.2. The van der Waals surface area contributed by atoms with Crippen molar-refractivity contribution < 1.29 is 13.2 Å². The van der Waals surface area contributed by atoms with E-state index in [9.17, 15) is 4.39 Å². The summed E-state index contributed by atoms with van der Waals surface area (Å²) in [5, 5.41) is 10.1. The lowest BCUT2D eigenvalue weighted by atomic mass is 10.2. The number of halogens is 2. The maximum atomic E-state index is 13.2. The molecule has 0 N–H and O–H groups in total. The van der Waals surface area contributed by atoms with Crippen LogP contribution in [-0.2, 0) is 12.3 Å². The van der Waals surface area contributed by atoms with Crippen molar-refractivity contribution in [2.24, 2.45) is 0 Å². The Morgan fingerprint density at radius 3 is 2.50 bits per heavy atom. The minimum atomic E-state index is -0.295. The summed E-state index contributed by atoms with van der Waals surface area (Å²) in [6.45, 7) is 0.479. The van der Waals surface area contributed by atoms with Gasteiger partial charge < -0.3 is 8.83 Å². The van der Waals surface area contributed by atoms with E-state index in [0.717, 1.165) is 16.9 Å². The van der Waals surface area contributed by atoms with Crippen molar-refractivity contribution >= 4 is 23.4 Å². The summed E-state index contributed by atoms with van der Waals surface area (Å²) in [6.07, 6.45) is 3.27. The molecule has 6 nitrogen and oxygen atoms in total. The molecular formula is C23H16ClFN4O2S. The van der Waals surface area contributed by atoms with Crippen LogP contribution in [0.2, 0.25) is 5.02 Å². The molecular weight excluding hydrogens is 451 g/mol. The van der Waals surface area contributed by atoms with Crippen molar-refractivity contribution in [2.45, 2.75) is 17.5 Å².